The van der Waals surface area contributed by atoms with Gasteiger partial charge < -0.3 is 5.32 Å². The first-order chi connectivity index (χ1) is 9.60. The van der Waals surface area contributed by atoms with Gasteiger partial charge in [-0.2, -0.15) is 0 Å². The Kier molecular flexibility index (Phi) is 5.27. The minimum absolute atomic E-state index is 0.367. The van der Waals surface area contributed by atoms with E-state index >= 15 is 0 Å². The summed E-state index contributed by atoms with van der Waals surface area (Å²) in [4.78, 5) is 1.32. The predicted molar refractivity (Wildman–Crippen MR) is 89.4 cm³/mol. The molecule has 0 amide bonds. The summed E-state index contributed by atoms with van der Waals surface area (Å²) in [6.45, 7) is 7.46. The van der Waals surface area contributed by atoms with Crippen LogP contribution in [0.3, 0.4) is 0 Å². The predicted octanol–water partition coefficient (Wildman–Crippen LogP) is 4.88. The molecule has 2 rings (SSSR count). The molecule has 0 aromatic heterocycles. The molecule has 0 saturated carbocycles. The lowest BCUT2D eigenvalue weighted by Crippen LogP contribution is -2.18. The number of hydrogen-bond acceptors (Lipinski definition) is 2. The number of thioether (sulfide) groups is 1. The van der Waals surface area contributed by atoms with Crippen molar-refractivity contribution in [3.8, 4) is 0 Å². The lowest BCUT2D eigenvalue weighted by Gasteiger charge is -2.16. The van der Waals surface area contributed by atoms with Crippen LogP contribution in [0.5, 0.6) is 0 Å². The molecule has 0 aliphatic carbocycles. The summed E-state index contributed by atoms with van der Waals surface area (Å²) < 4.78 is 0. The SMILES string of the molecule is CSc1ccc(C(C)NCc2ccc(C)cc2C)cc1. The third kappa shape index (κ3) is 3.87. The minimum atomic E-state index is 0.367. The largest absolute Gasteiger partial charge is 0.306 e. The van der Waals surface area contributed by atoms with Crippen LogP contribution in [0, 0.1) is 13.8 Å². The Bertz CT molecular complexity index is 560. The molecule has 20 heavy (non-hydrogen) atoms. The van der Waals surface area contributed by atoms with Gasteiger partial charge in [-0.3, -0.25) is 0 Å². The summed E-state index contributed by atoms with van der Waals surface area (Å²) in [5.41, 5.74) is 5.41. The fourth-order valence-corrected chi connectivity index (χ4v) is 2.73. The van der Waals surface area contributed by atoms with E-state index in [0.29, 0.717) is 6.04 Å². The van der Waals surface area contributed by atoms with Gasteiger partial charge in [0, 0.05) is 17.5 Å². The maximum atomic E-state index is 3.61. The van der Waals surface area contributed by atoms with Crippen LogP contribution in [-0.4, -0.2) is 6.26 Å². The van der Waals surface area contributed by atoms with Crippen LogP contribution >= 0.6 is 11.8 Å². The van der Waals surface area contributed by atoms with Gasteiger partial charge in [-0.1, -0.05) is 35.9 Å². The number of nitrogens with one attached hydrogen (secondary N) is 1. The molecule has 1 nitrogen and oxygen atoms in total. The summed E-state index contributed by atoms with van der Waals surface area (Å²) in [6, 6.07) is 15.8. The fraction of sp³-hybridized carbons (Fsp3) is 0.333. The molecule has 0 aliphatic heterocycles. The normalized spacial score (nSPS) is 12.4. The molecule has 1 N–H and O–H groups in total. The first kappa shape index (κ1) is 15.1. The zero-order valence-corrected chi connectivity index (χ0v) is 13.6. The van der Waals surface area contributed by atoms with E-state index in [1.165, 1.54) is 27.1 Å². The monoisotopic (exact) mass is 285 g/mol. The molecular formula is C18H23NS. The van der Waals surface area contributed by atoms with Crippen molar-refractivity contribution in [1.29, 1.82) is 0 Å². The van der Waals surface area contributed by atoms with Crippen molar-refractivity contribution in [2.45, 2.75) is 38.3 Å². The Morgan fingerprint density at radius 1 is 1.05 bits per heavy atom. The molecule has 2 aromatic carbocycles. The van der Waals surface area contributed by atoms with Crippen molar-refractivity contribution in [2.24, 2.45) is 0 Å². The molecule has 0 fully saturated rings. The molecular weight excluding hydrogens is 262 g/mol. The smallest absolute Gasteiger partial charge is 0.0294 e. The molecule has 0 saturated heterocycles. The van der Waals surface area contributed by atoms with Crippen LogP contribution in [0.15, 0.2) is 47.4 Å². The highest BCUT2D eigenvalue weighted by Gasteiger charge is 2.06. The second-order valence-electron chi connectivity index (χ2n) is 5.31. The standard InChI is InChI=1S/C18H23NS/c1-13-5-6-17(14(2)11-13)12-19-15(3)16-7-9-18(20-4)10-8-16/h5-11,15,19H,12H2,1-4H3. The van der Waals surface area contributed by atoms with E-state index in [4.69, 9.17) is 0 Å². The molecule has 0 aliphatic rings. The molecule has 2 aromatic rings. The van der Waals surface area contributed by atoms with E-state index < -0.39 is 0 Å². The zero-order valence-electron chi connectivity index (χ0n) is 12.7. The van der Waals surface area contributed by atoms with Gasteiger partial charge in [-0.25, -0.2) is 0 Å². The van der Waals surface area contributed by atoms with Crippen molar-refractivity contribution in [1.82, 2.24) is 5.32 Å². The van der Waals surface area contributed by atoms with E-state index in [-0.39, 0.29) is 0 Å². The highest BCUT2D eigenvalue weighted by Crippen LogP contribution is 2.19. The summed E-state index contributed by atoms with van der Waals surface area (Å²) in [5, 5.41) is 3.61. The van der Waals surface area contributed by atoms with E-state index in [9.17, 15) is 0 Å². The van der Waals surface area contributed by atoms with E-state index in [2.05, 4.69) is 74.8 Å². The van der Waals surface area contributed by atoms with Crippen LogP contribution in [0.4, 0.5) is 0 Å². The Morgan fingerprint density at radius 2 is 1.75 bits per heavy atom. The van der Waals surface area contributed by atoms with Crippen LogP contribution in [0.25, 0.3) is 0 Å². The van der Waals surface area contributed by atoms with Crippen molar-refractivity contribution < 1.29 is 0 Å². The second kappa shape index (κ2) is 6.96. The Balaban J connectivity index is 1.98. The van der Waals surface area contributed by atoms with Crippen molar-refractivity contribution in [2.75, 3.05) is 6.26 Å². The molecule has 2 heteroatoms. The number of hydrogen-bond donors (Lipinski definition) is 1. The highest BCUT2D eigenvalue weighted by atomic mass is 32.2. The molecule has 0 spiro atoms. The lowest BCUT2D eigenvalue weighted by atomic mass is 10.0. The Labute approximate surface area is 126 Å². The Hall–Kier alpha value is -1.25. The van der Waals surface area contributed by atoms with Crippen molar-refractivity contribution >= 4 is 11.8 Å². The molecule has 0 radical (unpaired) electrons. The third-order valence-electron chi connectivity index (χ3n) is 3.71. The molecule has 1 unspecified atom stereocenters. The number of rotatable bonds is 5. The summed E-state index contributed by atoms with van der Waals surface area (Å²) >= 11 is 1.78. The maximum absolute atomic E-state index is 3.61. The maximum Gasteiger partial charge on any atom is 0.0294 e. The first-order valence-electron chi connectivity index (χ1n) is 7.03. The van der Waals surface area contributed by atoms with Gasteiger partial charge in [0.1, 0.15) is 0 Å². The van der Waals surface area contributed by atoms with Gasteiger partial charge in [-0.05, 0) is 55.9 Å². The molecule has 1 atom stereocenters. The van der Waals surface area contributed by atoms with Crippen LogP contribution in [-0.2, 0) is 6.54 Å². The summed E-state index contributed by atoms with van der Waals surface area (Å²) in [7, 11) is 0. The van der Waals surface area contributed by atoms with Gasteiger partial charge in [0.05, 0.1) is 0 Å². The lowest BCUT2D eigenvalue weighted by molar-refractivity contribution is 0.573. The van der Waals surface area contributed by atoms with Crippen LogP contribution in [0.2, 0.25) is 0 Å². The van der Waals surface area contributed by atoms with Crippen molar-refractivity contribution in [3.05, 3.63) is 64.7 Å². The van der Waals surface area contributed by atoms with E-state index in [1.807, 2.05) is 0 Å². The summed E-state index contributed by atoms with van der Waals surface area (Å²) in [5.74, 6) is 0. The van der Waals surface area contributed by atoms with Gasteiger partial charge >= 0.3 is 0 Å². The van der Waals surface area contributed by atoms with Gasteiger partial charge in [0.2, 0.25) is 0 Å². The average Bonchev–Trinajstić information content (AvgIpc) is 2.46. The first-order valence-corrected chi connectivity index (χ1v) is 8.26. The van der Waals surface area contributed by atoms with Crippen LogP contribution in [0.1, 0.15) is 35.2 Å². The number of aryl methyl sites for hydroxylation is 2. The molecule has 0 heterocycles. The van der Waals surface area contributed by atoms with Crippen LogP contribution < -0.4 is 5.32 Å². The van der Waals surface area contributed by atoms with Gasteiger partial charge in [-0.15, -0.1) is 11.8 Å². The second-order valence-corrected chi connectivity index (χ2v) is 6.19. The van der Waals surface area contributed by atoms with Crippen molar-refractivity contribution in [3.63, 3.8) is 0 Å². The number of benzene rings is 2. The van der Waals surface area contributed by atoms with E-state index in [0.717, 1.165) is 6.54 Å². The fourth-order valence-electron chi connectivity index (χ4n) is 2.32. The quantitative estimate of drug-likeness (QED) is 0.786. The highest BCUT2D eigenvalue weighted by molar-refractivity contribution is 7.98. The molecule has 0 bridgehead atoms. The van der Waals surface area contributed by atoms with Gasteiger partial charge in [0.25, 0.3) is 0 Å². The Morgan fingerprint density at radius 3 is 2.35 bits per heavy atom. The topological polar surface area (TPSA) is 12.0 Å². The summed E-state index contributed by atoms with van der Waals surface area (Å²) in [6.07, 6.45) is 2.11. The minimum Gasteiger partial charge on any atom is -0.306 e. The van der Waals surface area contributed by atoms with Gasteiger partial charge in [0.15, 0.2) is 0 Å². The zero-order chi connectivity index (χ0) is 14.5. The third-order valence-corrected chi connectivity index (χ3v) is 4.46. The molecule has 106 valence electrons. The average molecular weight is 285 g/mol. The van der Waals surface area contributed by atoms with E-state index in [1.54, 1.807) is 11.8 Å².